The van der Waals surface area contributed by atoms with Crippen molar-refractivity contribution in [2.75, 3.05) is 33.4 Å². The van der Waals surface area contributed by atoms with E-state index in [0.717, 1.165) is 57.8 Å². The molecule has 0 saturated heterocycles. The molecule has 0 aromatic rings. The van der Waals surface area contributed by atoms with Gasteiger partial charge in [-0.05, 0) is 90.5 Å². The van der Waals surface area contributed by atoms with Crippen LogP contribution in [0.15, 0.2) is 72.9 Å². The zero-order chi connectivity index (χ0) is 42.5. The summed E-state index contributed by atoms with van der Waals surface area (Å²) in [6.45, 7) is 4.10. The van der Waals surface area contributed by atoms with Crippen LogP contribution in [0.5, 0.6) is 0 Å². The van der Waals surface area contributed by atoms with Gasteiger partial charge in [0.2, 0.25) is 0 Å². The number of carbonyl (C=O) groups excluding carboxylic acids is 2. The van der Waals surface area contributed by atoms with Crippen LogP contribution in [0.4, 0.5) is 0 Å². The van der Waals surface area contributed by atoms with Gasteiger partial charge in [-0.25, -0.2) is 4.57 Å². The van der Waals surface area contributed by atoms with Crippen molar-refractivity contribution in [3.05, 3.63) is 72.9 Å². The topological polar surface area (TPSA) is 120 Å². The summed E-state index contributed by atoms with van der Waals surface area (Å²) in [6.07, 6.45) is 52.4. The first-order chi connectivity index (χ1) is 28.3. The van der Waals surface area contributed by atoms with Crippen LogP contribution in [0.1, 0.15) is 181 Å². The number of ether oxygens (including phenoxy) is 2. The first-order valence-corrected chi connectivity index (χ1v) is 24.4. The zero-order valence-corrected chi connectivity index (χ0v) is 37.9. The molecule has 0 aliphatic carbocycles. The highest BCUT2D eigenvalue weighted by Crippen LogP contribution is 2.43. The minimum atomic E-state index is -4.37. The van der Waals surface area contributed by atoms with Gasteiger partial charge < -0.3 is 19.7 Å². The minimum Gasteiger partial charge on any atom is -0.462 e. The van der Waals surface area contributed by atoms with E-state index in [1.54, 1.807) is 7.05 Å². The van der Waals surface area contributed by atoms with E-state index in [1.165, 1.54) is 83.5 Å². The highest BCUT2D eigenvalue weighted by Gasteiger charge is 2.26. The van der Waals surface area contributed by atoms with Gasteiger partial charge in [0, 0.05) is 19.4 Å². The standard InChI is InChI=1S/C48H84NO8P/c1-4-6-8-10-12-14-16-18-20-22-23-25-26-28-30-32-34-36-38-40-47(50)54-44-46(45-56-58(52,53)55-43-42-49-3)57-48(51)41-39-37-35-33-31-29-27-24-21-19-17-15-13-11-9-7-5-2/h12-15,18-21,27,29,33,35,46,49H,4-11,16-17,22-26,28,30-32,34,36-45H2,1-3H3,(H,52,53)/b14-12-,15-13-,20-18-,21-19-,29-27-,35-33-. The van der Waals surface area contributed by atoms with E-state index in [9.17, 15) is 19.0 Å². The molecule has 10 heteroatoms. The molecule has 9 nitrogen and oxygen atoms in total. The van der Waals surface area contributed by atoms with Gasteiger partial charge in [-0.3, -0.25) is 18.6 Å². The van der Waals surface area contributed by atoms with E-state index in [2.05, 4.69) is 86.0 Å². The number of unbranched alkanes of at least 4 members (excludes halogenated alkanes) is 16. The maximum Gasteiger partial charge on any atom is 0.472 e. The van der Waals surface area contributed by atoms with E-state index in [4.69, 9.17) is 18.5 Å². The number of esters is 2. The van der Waals surface area contributed by atoms with Crippen LogP contribution < -0.4 is 5.32 Å². The Labute approximate surface area is 354 Å². The maximum absolute atomic E-state index is 12.6. The monoisotopic (exact) mass is 834 g/mol. The molecule has 0 radical (unpaired) electrons. The number of hydrogen-bond acceptors (Lipinski definition) is 8. The lowest BCUT2D eigenvalue weighted by molar-refractivity contribution is -0.161. The second-order valence-corrected chi connectivity index (χ2v) is 16.3. The number of carbonyl (C=O) groups is 2. The molecular formula is C48H84NO8P. The molecule has 2 atom stereocenters. The molecule has 0 bridgehead atoms. The molecule has 58 heavy (non-hydrogen) atoms. The SMILES string of the molecule is CCCCC/C=C\C/C=C\C/C=C\C/C=C\CCCC(=O)OC(COC(=O)CCCCCCCCCCC/C=C\C/C=C\CCCCC)COP(=O)(O)OCCNC. The molecule has 0 amide bonds. The fraction of sp³-hybridized carbons (Fsp3) is 0.708. The summed E-state index contributed by atoms with van der Waals surface area (Å²) < 4.78 is 33.2. The highest BCUT2D eigenvalue weighted by atomic mass is 31.2. The number of phosphoric acid groups is 1. The molecule has 0 spiro atoms. The van der Waals surface area contributed by atoms with Gasteiger partial charge in [-0.2, -0.15) is 0 Å². The van der Waals surface area contributed by atoms with Crippen molar-refractivity contribution in [1.29, 1.82) is 0 Å². The average molecular weight is 834 g/mol. The third-order valence-electron chi connectivity index (χ3n) is 9.30. The van der Waals surface area contributed by atoms with Crippen molar-refractivity contribution < 1.29 is 37.6 Å². The summed E-state index contributed by atoms with van der Waals surface area (Å²) >= 11 is 0. The Balaban J connectivity index is 4.29. The summed E-state index contributed by atoms with van der Waals surface area (Å²) in [5.41, 5.74) is 0. The van der Waals surface area contributed by atoms with Crippen molar-refractivity contribution >= 4 is 19.8 Å². The number of likely N-dealkylation sites (N-methyl/N-ethyl adjacent to an activating group) is 1. The van der Waals surface area contributed by atoms with Crippen molar-refractivity contribution in [1.82, 2.24) is 5.32 Å². The molecule has 2 N–H and O–H groups in total. The molecular weight excluding hydrogens is 750 g/mol. The zero-order valence-electron chi connectivity index (χ0n) is 37.0. The van der Waals surface area contributed by atoms with E-state index in [-0.39, 0.29) is 26.1 Å². The molecule has 0 heterocycles. The van der Waals surface area contributed by atoms with Crippen LogP contribution in [-0.2, 0) is 32.7 Å². The lowest BCUT2D eigenvalue weighted by atomic mass is 10.1. The van der Waals surface area contributed by atoms with E-state index < -0.39 is 32.5 Å². The summed E-state index contributed by atoms with van der Waals surface area (Å²) in [4.78, 5) is 35.1. The van der Waals surface area contributed by atoms with E-state index in [1.807, 2.05) is 6.08 Å². The van der Waals surface area contributed by atoms with Gasteiger partial charge in [0.05, 0.1) is 13.2 Å². The van der Waals surface area contributed by atoms with E-state index >= 15 is 0 Å². The van der Waals surface area contributed by atoms with Crippen LogP contribution in [0.25, 0.3) is 0 Å². The first kappa shape index (κ1) is 55.5. The predicted octanol–water partition coefficient (Wildman–Crippen LogP) is 13.3. The Hall–Kier alpha value is -2.55. The Kier molecular flexibility index (Phi) is 42.1. The number of hydrogen-bond donors (Lipinski definition) is 2. The van der Waals surface area contributed by atoms with Crippen molar-refractivity contribution in [2.45, 2.75) is 187 Å². The summed E-state index contributed by atoms with van der Waals surface area (Å²) in [7, 11) is -2.68. The fourth-order valence-corrected chi connectivity index (χ4v) is 6.56. The molecule has 0 rings (SSSR count). The Morgan fingerprint density at radius 1 is 0.534 bits per heavy atom. The van der Waals surface area contributed by atoms with Gasteiger partial charge in [0.1, 0.15) is 6.61 Å². The molecule has 334 valence electrons. The predicted molar refractivity (Wildman–Crippen MR) is 243 cm³/mol. The minimum absolute atomic E-state index is 0.0310. The van der Waals surface area contributed by atoms with Crippen LogP contribution in [0, 0.1) is 0 Å². The average Bonchev–Trinajstić information content (AvgIpc) is 3.21. The quantitative estimate of drug-likeness (QED) is 0.0268. The molecule has 0 saturated carbocycles. The Bertz CT molecular complexity index is 1180. The van der Waals surface area contributed by atoms with Crippen molar-refractivity contribution in [3.63, 3.8) is 0 Å². The number of allylic oxidation sites excluding steroid dienone is 12. The van der Waals surface area contributed by atoms with Gasteiger partial charge in [-0.15, -0.1) is 0 Å². The molecule has 0 aromatic carbocycles. The van der Waals surface area contributed by atoms with Crippen LogP contribution in [-0.4, -0.2) is 56.3 Å². The van der Waals surface area contributed by atoms with Crippen molar-refractivity contribution in [3.8, 4) is 0 Å². The summed E-state index contributed by atoms with van der Waals surface area (Å²) in [5.74, 6) is -0.881. The van der Waals surface area contributed by atoms with E-state index in [0.29, 0.717) is 19.4 Å². The van der Waals surface area contributed by atoms with Crippen LogP contribution in [0.3, 0.4) is 0 Å². The maximum atomic E-state index is 12.6. The number of rotatable bonds is 42. The second kappa shape index (κ2) is 44.0. The summed E-state index contributed by atoms with van der Waals surface area (Å²) in [6, 6.07) is 0. The smallest absolute Gasteiger partial charge is 0.462 e. The fourth-order valence-electron chi connectivity index (χ4n) is 5.81. The van der Waals surface area contributed by atoms with Gasteiger partial charge in [0.15, 0.2) is 6.10 Å². The Morgan fingerprint density at radius 2 is 0.948 bits per heavy atom. The summed E-state index contributed by atoms with van der Waals surface area (Å²) in [5, 5.41) is 2.82. The Morgan fingerprint density at radius 3 is 1.43 bits per heavy atom. The largest absolute Gasteiger partial charge is 0.472 e. The second-order valence-electron chi connectivity index (χ2n) is 14.9. The van der Waals surface area contributed by atoms with Gasteiger partial charge in [-0.1, -0.05) is 157 Å². The van der Waals surface area contributed by atoms with Gasteiger partial charge in [0.25, 0.3) is 0 Å². The molecule has 0 aromatic heterocycles. The van der Waals surface area contributed by atoms with Crippen LogP contribution >= 0.6 is 7.82 Å². The third-order valence-corrected chi connectivity index (χ3v) is 10.3. The lowest BCUT2D eigenvalue weighted by Crippen LogP contribution is -2.29. The number of nitrogens with one attached hydrogen (secondary N) is 1. The highest BCUT2D eigenvalue weighted by molar-refractivity contribution is 7.47. The molecule has 0 aliphatic heterocycles. The molecule has 0 fully saturated rings. The van der Waals surface area contributed by atoms with Crippen LogP contribution in [0.2, 0.25) is 0 Å². The van der Waals surface area contributed by atoms with Crippen molar-refractivity contribution in [2.24, 2.45) is 0 Å². The normalized spacial score (nSPS) is 13.9. The number of phosphoric ester groups is 1. The van der Waals surface area contributed by atoms with Gasteiger partial charge >= 0.3 is 19.8 Å². The molecule has 2 unspecified atom stereocenters. The first-order valence-electron chi connectivity index (χ1n) is 22.9. The lowest BCUT2D eigenvalue weighted by Gasteiger charge is -2.20. The third kappa shape index (κ3) is 43.0. The molecule has 0 aliphatic rings.